The topological polar surface area (TPSA) is 78.5 Å². The van der Waals surface area contributed by atoms with E-state index in [9.17, 15) is 4.79 Å². The average molecular weight is 417 g/mol. The summed E-state index contributed by atoms with van der Waals surface area (Å²) in [5, 5.41) is 1.60. The van der Waals surface area contributed by atoms with E-state index in [2.05, 4.69) is 19.9 Å². The van der Waals surface area contributed by atoms with E-state index in [1.165, 1.54) is 0 Å². The highest BCUT2D eigenvalue weighted by molar-refractivity contribution is 6.29. The number of nitrogens with zero attached hydrogens (tertiary/aromatic N) is 6. The minimum absolute atomic E-state index is 0.106. The molecule has 0 spiro atoms. The van der Waals surface area contributed by atoms with E-state index < -0.39 is 0 Å². The number of fused-ring (bicyclic) bond motifs is 2. The van der Waals surface area contributed by atoms with Crippen molar-refractivity contribution in [2.24, 2.45) is 0 Å². The zero-order valence-corrected chi connectivity index (χ0v) is 17.3. The Labute approximate surface area is 171 Å². The first-order valence-electron chi connectivity index (χ1n) is 8.88. The first kappa shape index (κ1) is 18.8. The molecule has 0 fully saturated rings. The molecule has 144 valence electrons. The van der Waals surface area contributed by atoms with Crippen LogP contribution in [0, 0.1) is 0 Å². The number of hydrogen-bond donors (Lipinski definition) is 0. The highest BCUT2D eigenvalue weighted by atomic mass is 35.5. The highest BCUT2D eigenvalue weighted by Gasteiger charge is 2.24. The van der Waals surface area contributed by atoms with Crippen LogP contribution in [-0.4, -0.2) is 34.9 Å². The van der Waals surface area contributed by atoms with E-state index in [0.29, 0.717) is 33.2 Å². The Kier molecular flexibility index (Phi) is 4.59. The minimum atomic E-state index is -0.148. The van der Waals surface area contributed by atoms with Crippen LogP contribution < -0.4 is 0 Å². The van der Waals surface area contributed by atoms with Crippen LogP contribution in [0.1, 0.15) is 55.7 Å². The second-order valence-electron chi connectivity index (χ2n) is 7.17. The van der Waals surface area contributed by atoms with Crippen LogP contribution in [0.4, 0.5) is 0 Å². The lowest BCUT2D eigenvalue weighted by Crippen LogP contribution is -2.02. The molecule has 0 radical (unpaired) electrons. The van der Waals surface area contributed by atoms with Crippen LogP contribution in [0.5, 0.6) is 0 Å². The van der Waals surface area contributed by atoms with Gasteiger partial charge in [-0.05, 0) is 50.9 Å². The fourth-order valence-corrected chi connectivity index (χ4v) is 3.57. The van der Waals surface area contributed by atoms with Crippen molar-refractivity contribution < 1.29 is 4.79 Å². The molecule has 4 aromatic heterocycles. The van der Waals surface area contributed by atoms with Crippen LogP contribution in [0.25, 0.3) is 22.1 Å². The van der Waals surface area contributed by atoms with Gasteiger partial charge in [0.25, 0.3) is 0 Å². The Hall–Kier alpha value is -2.51. The van der Waals surface area contributed by atoms with Crippen molar-refractivity contribution in [1.29, 1.82) is 0 Å². The van der Waals surface area contributed by atoms with Gasteiger partial charge in [0.2, 0.25) is 10.6 Å². The van der Waals surface area contributed by atoms with Gasteiger partial charge in [-0.2, -0.15) is 9.97 Å². The Morgan fingerprint density at radius 3 is 1.57 bits per heavy atom. The van der Waals surface area contributed by atoms with Gasteiger partial charge in [0.05, 0.1) is 11.1 Å². The summed E-state index contributed by atoms with van der Waals surface area (Å²) in [6, 6.07) is 0.211. The third kappa shape index (κ3) is 2.95. The van der Waals surface area contributed by atoms with Gasteiger partial charge in [0.1, 0.15) is 11.3 Å². The lowest BCUT2D eigenvalue weighted by atomic mass is 10.1. The normalized spacial score (nSPS) is 12.0. The summed E-state index contributed by atoms with van der Waals surface area (Å²) < 4.78 is 3.84. The lowest BCUT2D eigenvalue weighted by Gasteiger charge is -2.07. The van der Waals surface area contributed by atoms with Gasteiger partial charge in [-0.1, -0.05) is 0 Å². The van der Waals surface area contributed by atoms with E-state index in [1.54, 1.807) is 24.8 Å². The van der Waals surface area contributed by atoms with E-state index in [-0.39, 0.29) is 28.4 Å². The molecule has 0 saturated carbocycles. The Bertz CT molecular complexity index is 1130. The average Bonchev–Trinajstić information content (AvgIpc) is 3.19. The second kappa shape index (κ2) is 6.83. The first-order chi connectivity index (χ1) is 13.3. The fourth-order valence-electron chi connectivity index (χ4n) is 3.31. The molecule has 0 atom stereocenters. The molecule has 4 rings (SSSR count). The van der Waals surface area contributed by atoms with Crippen LogP contribution in [0.2, 0.25) is 10.6 Å². The number of aromatic nitrogens is 6. The zero-order valence-electron chi connectivity index (χ0n) is 15.8. The van der Waals surface area contributed by atoms with Crippen LogP contribution >= 0.6 is 23.2 Å². The van der Waals surface area contributed by atoms with Gasteiger partial charge >= 0.3 is 0 Å². The molecule has 0 aliphatic heterocycles. The molecule has 9 heteroatoms. The molecular weight excluding hydrogens is 399 g/mol. The largest absolute Gasteiger partial charge is 0.329 e. The van der Waals surface area contributed by atoms with Gasteiger partial charge in [0, 0.05) is 47.6 Å². The lowest BCUT2D eigenvalue weighted by molar-refractivity contribution is 0.104. The van der Waals surface area contributed by atoms with Crippen LogP contribution in [0.3, 0.4) is 0 Å². The first-order valence-corrected chi connectivity index (χ1v) is 9.64. The number of rotatable bonds is 4. The summed E-state index contributed by atoms with van der Waals surface area (Å²) in [5.74, 6) is -0.148. The molecule has 7 nitrogen and oxygen atoms in total. The molecular formula is C19H18Cl2N6O. The molecule has 0 unspecified atom stereocenters. The maximum atomic E-state index is 13.5. The third-order valence-corrected chi connectivity index (χ3v) is 5.05. The molecule has 0 aromatic carbocycles. The number of carbonyl (C=O) groups is 1. The van der Waals surface area contributed by atoms with Crippen molar-refractivity contribution in [3.05, 3.63) is 46.5 Å². The van der Waals surface area contributed by atoms with E-state index >= 15 is 0 Å². The minimum Gasteiger partial charge on any atom is -0.329 e. The number of ketones is 1. The van der Waals surface area contributed by atoms with Gasteiger partial charge in [-0.3, -0.25) is 4.79 Å². The molecule has 0 amide bonds. The maximum absolute atomic E-state index is 13.5. The zero-order chi connectivity index (χ0) is 20.2. The molecule has 0 aliphatic rings. The summed E-state index contributed by atoms with van der Waals surface area (Å²) in [6.07, 6.45) is 6.79. The molecule has 0 aliphatic carbocycles. The molecule has 4 heterocycles. The molecule has 0 N–H and O–H groups in total. The summed E-state index contributed by atoms with van der Waals surface area (Å²) >= 11 is 12.0. The van der Waals surface area contributed by atoms with Crippen molar-refractivity contribution in [2.75, 3.05) is 0 Å². The SMILES string of the molecule is CC(C)n1cc(C(=O)c2cn(C(C)C)c3nc(Cl)ncc23)c2cnc(Cl)nc21. The van der Waals surface area contributed by atoms with Crippen molar-refractivity contribution in [3.63, 3.8) is 0 Å². The predicted molar refractivity (Wildman–Crippen MR) is 109 cm³/mol. The molecule has 0 saturated heterocycles. The van der Waals surface area contributed by atoms with Crippen molar-refractivity contribution in [3.8, 4) is 0 Å². The van der Waals surface area contributed by atoms with E-state index in [4.69, 9.17) is 23.2 Å². The summed E-state index contributed by atoms with van der Waals surface area (Å²) in [5.41, 5.74) is 2.28. The summed E-state index contributed by atoms with van der Waals surface area (Å²) in [6.45, 7) is 8.07. The summed E-state index contributed by atoms with van der Waals surface area (Å²) in [7, 11) is 0. The van der Waals surface area contributed by atoms with Crippen molar-refractivity contribution in [1.82, 2.24) is 29.1 Å². The van der Waals surface area contributed by atoms with Gasteiger partial charge < -0.3 is 9.13 Å². The second-order valence-corrected chi connectivity index (χ2v) is 7.85. The predicted octanol–water partition coefficient (Wildman–Crippen LogP) is 4.88. The quantitative estimate of drug-likeness (QED) is 0.350. The van der Waals surface area contributed by atoms with Gasteiger partial charge in [0.15, 0.2) is 5.78 Å². The third-order valence-electron chi connectivity index (χ3n) is 4.69. The number of hydrogen-bond acceptors (Lipinski definition) is 5. The monoisotopic (exact) mass is 416 g/mol. The molecule has 0 bridgehead atoms. The fraction of sp³-hybridized carbons (Fsp3) is 0.316. The standard InChI is InChI=1S/C19H18Cl2N6O/c1-9(2)26-7-13(11-5-22-18(20)24-16(11)26)15(28)14-8-27(10(3)4)17-12(14)6-23-19(21)25-17/h5-10H,1-4H3. The van der Waals surface area contributed by atoms with Crippen LogP contribution in [0.15, 0.2) is 24.8 Å². The van der Waals surface area contributed by atoms with Gasteiger partial charge in [-0.15, -0.1) is 0 Å². The maximum Gasteiger partial charge on any atom is 0.224 e. The van der Waals surface area contributed by atoms with E-state index in [1.807, 2.05) is 36.8 Å². The van der Waals surface area contributed by atoms with Crippen LogP contribution in [-0.2, 0) is 0 Å². The Balaban J connectivity index is 1.96. The van der Waals surface area contributed by atoms with Gasteiger partial charge in [-0.25, -0.2) is 9.97 Å². The highest BCUT2D eigenvalue weighted by Crippen LogP contribution is 2.30. The number of carbonyl (C=O) groups excluding carboxylic acids is 1. The number of halogens is 2. The van der Waals surface area contributed by atoms with Crippen molar-refractivity contribution >= 4 is 51.1 Å². The smallest absolute Gasteiger partial charge is 0.224 e. The summed E-state index contributed by atoms with van der Waals surface area (Å²) in [4.78, 5) is 30.3. The Morgan fingerprint density at radius 2 is 1.21 bits per heavy atom. The molecule has 4 aromatic rings. The van der Waals surface area contributed by atoms with E-state index in [0.717, 1.165) is 0 Å². The Morgan fingerprint density at radius 1 is 0.821 bits per heavy atom. The molecule has 28 heavy (non-hydrogen) atoms. The van der Waals surface area contributed by atoms with Crippen molar-refractivity contribution in [2.45, 2.75) is 39.8 Å².